The van der Waals surface area contributed by atoms with Crippen LogP contribution >= 0.6 is 0 Å². The van der Waals surface area contributed by atoms with Crippen molar-refractivity contribution < 1.29 is 0 Å². The second-order valence-corrected chi connectivity index (χ2v) is 18.0. The third-order valence-electron chi connectivity index (χ3n) is 14.5. The molecule has 12 saturated carbocycles. The smallest absolute Gasteiger partial charge is 0.0559 e. The van der Waals surface area contributed by atoms with Crippen LogP contribution in [-0.4, -0.2) is 0 Å². The molecular formula is C42H47. The molecule has 215 valence electrons. The Morgan fingerprint density at radius 3 is 0.952 bits per heavy atom. The first-order valence-electron chi connectivity index (χ1n) is 18.1. The molecule has 0 atom stereocenters. The largest absolute Gasteiger partial charge is 0.0910 e. The van der Waals surface area contributed by atoms with E-state index in [0.29, 0.717) is 0 Å². The molecule has 1 aromatic rings. The Morgan fingerprint density at radius 2 is 0.667 bits per heavy atom. The van der Waals surface area contributed by atoms with Gasteiger partial charge < -0.3 is 0 Å². The summed E-state index contributed by atoms with van der Waals surface area (Å²) in [7, 11) is 0. The van der Waals surface area contributed by atoms with Crippen molar-refractivity contribution in [2.24, 2.45) is 69.5 Å². The third-order valence-corrected chi connectivity index (χ3v) is 14.5. The summed E-state index contributed by atoms with van der Waals surface area (Å²) in [5.41, 5.74) is 4.18. The van der Waals surface area contributed by atoms with E-state index in [1.165, 1.54) is 116 Å². The van der Waals surface area contributed by atoms with Gasteiger partial charge in [-0.3, -0.25) is 0 Å². The zero-order valence-electron chi connectivity index (χ0n) is 25.6. The predicted octanol–water partition coefficient (Wildman–Crippen LogP) is 9.19. The molecule has 0 aliphatic heterocycles. The lowest BCUT2D eigenvalue weighted by atomic mass is 9.50. The van der Waals surface area contributed by atoms with E-state index in [1.807, 2.05) is 0 Å². The standard InChI is InChI=1S/C42H47/c1-2-37(4-7-40-19-28-10-29(20-40)12-30(11-28)21-40)39(6-9-42-25-34-16-35(26-42)18-36(17-34)27-42)38(3-1)5-8-41-22-31-13-32(23-41)15-33(14-31)24-41/h2-3,28-36H,10-27H2. The van der Waals surface area contributed by atoms with Crippen molar-refractivity contribution in [2.75, 3.05) is 0 Å². The van der Waals surface area contributed by atoms with Crippen LogP contribution in [-0.2, 0) is 0 Å². The molecular weight excluding hydrogens is 504 g/mol. The van der Waals surface area contributed by atoms with E-state index in [1.54, 1.807) is 0 Å². The molecule has 0 amide bonds. The zero-order chi connectivity index (χ0) is 27.5. The van der Waals surface area contributed by atoms with Gasteiger partial charge in [0.25, 0.3) is 0 Å². The van der Waals surface area contributed by atoms with Crippen LogP contribution < -0.4 is 0 Å². The molecule has 0 unspecified atom stereocenters. The quantitative estimate of drug-likeness (QED) is 0.282. The molecule has 0 N–H and O–H groups in total. The first kappa shape index (κ1) is 25.2. The first-order chi connectivity index (χ1) is 20.5. The maximum atomic E-state index is 4.01. The van der Waals surface area contributed by atoms with Crippen LogP contribution in [0.15, 0.2) is 12.1 Å². The van der Waals surface area contributed by atoms with Crippen LogP contribution in [0, 0.1) is 111 Å². The van der Waals surface area contributed by atoms with Crippen molar-refractivity contribution in [3.05, 3.63) is 34.9 Å². The molecule has 0 aromatic heterocycles. The zero-order valence-corrected chi connectivity index (χ0v) is 25.6. The average molecular weight is 552 g/mol. The lowest BCUT2D eigenvalue weighted by molar-refractivity contribution is -0.0183. The molecule has 12 bridgehead atoms. The van der Waals surface area contributed by atoms with Crippen LogP contribution in [0.4, 0.5) is 0 Å². The van der Waals surface area contributed by atoms with Gasteiger partial charge in [-0.1, -0.05) is 35.5 Å². The highest BCUT2D eigenvalue weighted by Gasteiger charge is 2.52. The second-order valence-electron chi connectivity index (χ2n) is 18.0. The Kier molecular flexibility index (Phi) is 5.40. The van der Waals surface area contributed by atoms with Crippen LogP contribution in [0.25, 0.3) is 0 Å². The second kappa shape index (κ2) is 8.98. The Balaban J connectivity index is 1.04. The number of hydrogen-bond acceptors (Lipinski definition) is 0. The maximum Gasteiger partial charge on any atom is 0.0559 e. The minimum Gasteiger partial charge on any atom is -0.0910 e. The molecule has 0 heteroatoms. The highest BCUT2D eigenvalue weighted by Crippen LogP contribution is 2.62. The molecule has 12 aliphatic rings. The fraction of sp³-hybridized carbons (Fsp3) is 0.714. The van der Waals surface area contributed by atoms with Gasteiger partial charge in [-0.2, -0.15) is 0 Å². The van der Waals surface area contributed by atoms with Crippen molar-refractivity contribution in [3.63, 3.8) is 0 Å². The monoisotopic (exact) mass is 551 g/mol. The fourth-order valence-electron chi connectivity index (χ4n) is 14.2. The summed E-state index contributed by atoms with van der Waals surface area (Å²) in [4.78, 5) is 0. The van der Waals surface area contributed by atoms with Crippen LogP contribution in [0.1, 0.15) is 132 Å². The van der Waals surface area contributed by atoms with Gasteiger partial charge >= 0.3 is 0 Å². The molecule has 1 aromatic carbocycles. The average Bonchev–Trinajstić information content (AvgIpc) is 2.92. The predicted molar refractivity (Wildman–Crippen MR) is 168 cm³/mol. The summed E-state index contributed by atoms with van der Waals surface area (Å²) in [5.74, 6) is 31.9. The molecule has 13 rings (SSSR count). The Morgan fingerprint density at radius 1 is 0.405 bits per heavy atom. The van der Waals surface area contributed by atoms with Crippen molar-refractivity contribution in [1.82, 2.24) is 0 Å². The normalized spacial score (nSPS) is 49.6. The van der Waals surface area contributed by atoms with Crippen molar-refractivity contribution in [2.45, 2.75) is 116 Å². The van der Waals surface area contributed by atoms with E-state index >= 15 is 0 Å². The Bertz CT molecular complexity index is 1310. The molecule has 12 aliphatic carbocycles. The van der Waals surface area contributed by atoms with Gasteiger partial charge in [0.05, 0.1) is 5.56 Å². The molecule has 0 nitrogen and oxygen atoms in total. The van der Waals surface area contributed by atoms with E-state index in [4.69, 9.17) is 0 Å². The minimum atomic E-state index is 0.254. The van der Waals surface area contributed by atoms with Gasteiger partial charge in [-0.25, -0.2) is 0 Å². The molecule has 0 heterocycles. The van der Waals surface area contributed by atoms with E-state index in [2.05, 4.69) is 53.7 Å². The maximum absolute atomic E-state index is 4.01. The minimum absolute atomic E-state index is 0.254. The van der Waals surface area contributed by atoms with Crippen LogP contribution in [0.5, 0.6) is 0 Å². The number of hydrogen-bond donors (Lipinski definition) is 0. The van der Waals surface area contributed by atoms with Gasteiger partial charge in [0.1, 0.15) is 0 Å². The molecule has 42 heavy (non-hydrogen) atoms. The van der Waals surface area contributed by atoms with Crippen molar-refractivity contribution >= 4 is 0 Å². The van der Waals surface area contributed by atoms with Gasteiger partial charge in [0.2, 0.25) is 0 Å². The molecule has 0 spiro atoms. The lowest BCUT2D eigenvalue weighted by Crippen LogP contribution is -2.45. The number of benzene rings is 1. The van der Waals surface area contributed by atoms with Gasteiger partial charge in [-0.05, 0) is 187 Å². The van der Waals surface area contributed by atoms with Gasteiger partial charge in [-0.15, -0.1) is 0 Å². The first-order valence-corrected chi connectivity index (χ1v) is 18.1. The van der Waals surface area contributed by atoms with Crippen LogP contribution in [0.3, 0.4) is 0 Å². The SMILES string of the molecule is C(#CC12CC3CC(CC(C3)C1)C2)c1c[c]cc(C#CC23CC4CC(CC(C4)C2)C3)c1C#CC12CC3CC(CC(C3)C1)C2. The summed E-state index contributed by atoms with van der Waals surface area (Å²) >= 11 is 0. The highest BCUT2D eigenvalue weighted by atomic mass is 14.6. The molecule has 12 fully saturated rings. The molecule has 1 radical (unpaired) electrons. The van der Waals surface area contributed by atoms with E-state index in [-0.39, 0.29) is 16.2 Å². The summed E-state index contributed by atoms with van der Waals surface area (Å²) < 4.78 is 0. The summed E-state index contributed by atoms with van der Waals surface area (Å²) in [6.45, 7) is 0. The topological polar surface area (TPSA) is 0 Å². The third kappa shape index (κ3) is 4.20. The highest BCUT2D eigenvalue weighted by molar-refractivity contribution is 5.60. The summed E-state index contributed by atoms with van der Waals surface area (Å²) in [6.07, 6.45) is 25.4. The summed E-state index contributed by atoms with van der Waals surface area (Å²) in [5, 5.41) is 0. The Labute approximate surface area is 255 Å². The van der Waals surface area contributed by atoms with Crippen molar-refractivity contribution in [1.29, 1.82) is 0 Å². The van der Waals surface area contributed by atoms with Crippen molar-refractivity contribution in [3.8, 4) is 35.5 Å². The van der Waals surface area contributed by atoms with Crippen LogP contribution in [0.2, 0.25) is 0 Å². The van der Waals surface area contributed by atoms with E-state index in [0.717, 1.165) is 70.0 Å². The molecule has 0 saturated heterocycles. The number of rotatable bonds is 0. The van der Waals surface area contributed by atoms with E-state index in [9.17, 15) is 0 Å². The van der Waals surface area contributed by atoms with Gasteiger partial charge in [0.15, 0.2) is 0 Å². The van der Waals surface area contributed by atoms with E-state index < -0.39 is 0 Å². The lowest BCUT2D eigenvalue weighted by Gasteiger charge is -2.54. The summed E-state index contributed by atoms with van der Waals surface area (Å²) in [6, 6.07) is 7.83. The fourth-order valence-corrected chi connectivity index (χ4v) is 14.2. The van der Waals surface area contributed by atoms with Gasteiger partial charge in [0, 0.05) is 27.4 Å². The Hall–Kier alpha value is -2.10.